The van der Waals surface area contributed by atoms with Crippen molar-refractivity contribution in [1.29, 1.82) is 0 Å². The summed E-state index contributed by atoms with van der Waals surface area (Å²) in [7, 11) is 0. The summed E-state index contributed by atoms with van der Waals surface area (Å²) in [4.78, 5) is 12.0. The van der Waals surface area contributed by atoms with Gasteiger partial charge >= 0.3 is 0 Å². The van der Waals surface area contributed by atoms with Crippen LogP contribution in [0.3, 0.4) is 0 Å². The van der Waals surface area contributed by atoms with E-state index in [4.69, 9.17) is 5.73 Å². The Morgan fingerprint density at radius 2 is 1.94 bits per heavy atom. The Labute approximate surface area is 108 Å². The van der Waals surface area contributed by atoms with Crippen LogP contribution >= 0.6 is 12.4 Å². The molecule has 0 bridgehead atoms. The van der Waals surface area contributed by atoms with Gasteiger partial charge in [-0.3, -0.25) is 4.79 Å². The highest BCUT2D eigenvalue weighted by Crippen LogP contribution is 2.30. The molecule has 1 fully saturated rings. The lowest BCUT2D eigenvalue weighted by atomic mass is 9.92. The van der Waals surface area contributed by atoms with Gasteiger partial charge in [-0.25, -0.2) is 0 Å². The van der Waals surface area contributed by atoms with Crippen molar-refractivity contribution < 1.29 is 4.79 Å². The molecule has 2 rings (SSSR count). The standard InChI is InChI=1S/C13H18N2O.ClH/c1-9-8-11(9)15-12(16)13(2,14)10-6-4-3-5-7-10;/h3-7,9,11H,8,14H2,1-2H3,(H,15,16);1H. The number of carbonyl (C=O) groups excluding carboxylic acids is 1. The molecule has 1 aliphatic carbocycles. The van der Waals surface area contributed by atoms with Crippen LogP contribution in [0.2, 0.25) is 0 Å². The smallest absolute Gasteiger partial charge is 0.244 e. The lowest BCUT2D eigenvalue weighted by molar-refractivity contribution is -0.126. The minimum absolute atomic E-state index is 0. The fraction of sp³-hybridized carbons (Fsp3) is 0.462. The molecule has 17 heavy (non-hydrogen) atoms. The largest absolute Gasteiger partial charge is 0.351 e. The normalized spacial score (nSPS) is 25.4. The summed E-state index contributed by atoms with van der Waals surface area (Å²) in [6.45, 7) is 3.88. The van der Waals surface area contributed by atoms with Crippen LogP contribution in [0, 0.1) is 5.92 Å². The summed E-state index contributed by atoms with van der Waals surface area (Å²) >= 11 is 0. The Morgan fingerprint density at radius 3 is 2.41 bits per heavy atom. The van der Waals surface area contributed by atoms with Crippen LogP contribution in [-0.4, -0.2) is 11.9 Å². The molecule has 0 radical (unpaired) electrons. The highest BCUT2D eigenvalue weighted by molar-refractivity contribution is 5.87. The topological polar surface area (TPSA) is 55.1 Å². The molecule has 94 valence electrons. The number of carbonyl (C=O) groups is 1. The molecule has 0 spiro atoms. The van der Waals surface area contributed by atoms with E-state index >= 15 is 0 Å². The van der Waals surface area contributed by atoms with Crippen molar-refractivity contribution in [2.45, 2.75) is 31.8 Å². The van der Waals surface area contributed by atoms with Crippen LogP contribution < -0.4 is 11.1 Å². The van der Waals surface area contributed by atoms with Gasteiger partial charge in [-0.05, 0) is 24.8 Å². The molecule has 3 atom stereocenters. The minimum Gasteiger partial charge on any atom is -0.351 e. The highest BCUT2D eigenvalue weighted by atomic mass is 35.5. The van der Waals surface area contributed by atoms with E-state index in [1.807, 2.05) is 30.3 Å². The van der Waals surface area contributed by atoms with Crippen LogP contribution in [0.5, 0.6) is 0 Å². The Bertz CT molecular complexity index is 392. The molecular formula is C13H19ClN2O. The fourth-order valence-corrected chi connectivity index (χ4v) is 1.76. The number of hydrogen-bond acceptors (Lipinski definition) is 2. The Morgan fingerprint density at radius 1 is 1.41 bits per heavy atom. The number of nitrogens with two attached hydrogens (primary N) is 1. The summed E-state index contributed by atoms with van der Waals surface area (Å²) in [6.07, 6.45) is 1.07. The maximum Gasteiger partial charge on any atom is 0.244 e. The van der Waals surface area contributed by atoms with Gasteiger partial charge in [0.1, 0.15) is 5.54 Å². The SMILES string of the molecule is CC1CC1NC(=O)C(C)(N)c1ccccc1.Cl. The van der Waals surface area contributed by atoms with Crippen LogP contribution in [0.15, 0.2) is 30.3 Å². The maximum absolute atomic E-state index is 12.0. The van der Waals surface area contributed by atoms with Crippen LogP contribution in [-0.2, 0) is 10.3 Å². The molecule has 1 aromatic carbocycles. The highest BCUT2D eigenvalue weighted by Gasteiger charge is 2.38. The van der Waals surface area contributed by atoms with E-state index in [2.05, 4.69) is 12.2 Å². The summed E-state index contributed by atoms with van der Waals surface area (Å²) in [5.74, 6) is 0.503. The van der Waals surface area contributed by atoms with Gasteiger partial charge < -0.3 is 11.1 Å². The Kier molecular flexibility index (Phi) is 4.17. The summed E-state index contributed by atoms with van der Waals surface area (Å²) in [6, 6.07) is 9.80. The fourth-order valence-electron chi connectivity index (χ4n) is 1.76. The van der Waals surface area contributed by atoms with Gasteiger partial charge in [-0.2, -0.15) is 0 Å². The Hall–Kier alpha value is -1.06. The van der Waals surface area contributed by atoms with E-state index in [9.17, 15) is 4.79 Å². The molecular weight excluding hydrogens is 236 g/mol. The van der Waals surface area contributed by atoms with Gasteiger partial charge in [-0.15, -0.1) is 12.4 Å². The molecule has 4 heteroatoms. The second kappa shape index (κ2) is 5.07. The lowest BCUT2D eigenvalue weighted by Gasteiger charge is -2.24. The zero-order chi connectivity index (χ0) is 11.8. The van der Waals surface area contributed by atoms with Gasteiger partial charge in [0.15, 0.2) is 0 Å². The first kappa shape index (κ1) is 14.0. The summed E-state index contributed by atoms with van der Waals surface area (Å²) in [5.41, 5.74) is 6.00. The van der Waals surface area contributed by atoms with Gasteiger partial charge in [0.05, 0.1) is 0 Å². The number of halogens is 1. The molecule has 0 aliphatic heterocycles. The van der Waals surface area contributed by atoms with Crippen molar-refractivity contribution in [2.24, 2.45) is 11.7 Å². The molecule has 3 N–H and O–H groups in total. The first-order chi connectivity index (χ1) is 7.51. The third-order valence-corrected chi connectivity index (χ3v) is 3.27. The number of benzene rings is 1. The third kappa shape index (κ3) is 2.99. The van der Waals surface area contributed by atoms with Gasteiger partial charge in [0, 0.05) is 6.04 Å². The van der Waals surface area contributed by atoms with Crippen molar-refractivity contribution in [3.05, 3.63) is 35.9 Å². The quantitative estimate of drug-likeness (QED) is 0.864. The van der Waals surface area contributed by atoms with Gasteiger partial charge in [0.25, 0.3) is 0 Å². The number of amides is 1. The van der Waals surface area contributed by atoms with E-state index in [0.717, 1.165) is 12.0 Å². The zero-order valence-corrected chi connectivity index (χ0v) is 11.0. The second-order valence-electron chi connectivity index (χ2n) is 4.86. The van der Waals surface area contributed by atoms with Crippen molar-refractivity contribution >= 4 is 18.3 Å². The number of nitrogens with one attached hydrogen (secondary N) is 1. The number of hydrogen-bond donors (Lipinski definition) is 2. The molecule has 0 saturated heterocycles. The van der Waals surface area contributed by atoms with E-state index < -0.39 is 5.54 Å². The van der Waals surface area contributed by atoms with Gasteiger partial charge in [0.2, 0.25) is 5.91 Å². The van der Waals surface area contributed by atoms with E-state index in [1.165, 1.54) is 0 Å². The van der Waals surface area contributed by atoms with Crippen LogP contribution in [0.1, 0.15) is 25.8 Å². The third-order valence-electron chi connectivity index (χ3n) is 3.27. The predicted octanol–water partition coefficient (Wildman–Crippen LogP) is 1.81. The van der Waals surface area contributed by atoms with Crippen molar-refractivity contribution in [3.63, 3.8) is 0 Å². The Balaban J connectivity index is 0.00000144. The first-order valence-corrected chi connectivity index (χ1v) is 5.67. The molecule has 0 aromatic heterocycles. The summed E-state index contributed by atoms with van der Waals surface area (Å²) < 4.78 is 0. The molecule has 1 aliphatic rings. The predicted molar refractivity (Wildman–Crippen MR) is 70.9 cm³/mol. The molecule has 0 heterocycles. The van der Waals surface area contributed by atoms with Crippen LogP contribution in [0.4, 0.5) is 0 Å². The lowest BCUT2D eigenvalue weighted by Crippen LogP contribution is -2.49. The molecule has 3 nitrogen and oxygen atoms in total. The minimum atomic E-state index is -0.941. The average molecular weight is 255 g/mol. The molecule has 3 unspecified atom stereocenters. The number of rotatable bonds is 3. The zero-order valence-electron chi connectivity index (χ0n) is 10.1. The monoisotopic (exact) mass is 254 g/mol. The van der Waals surface area contributed by atoms with Crippen molar-refractivity contribution in [2.75, 3.05) is 0 Å². The van der Waals surface area contributed by atoms with E-state index in [-0.39, 0.29) is 18.3 Å². The van der Waals surface area contributed by atoms with E-state index in [1.54, 1.807) is 6.92 Å². The second-order valence-corrected chi connectivity index (χ2v) is 4.86. The maximum atomic E-state index is 12.0. The van der Waals surface area contributed by atoms with Crippen molar-refractivity contribution in [3.8, 4) is 0 Å². The molecule has 1 aromatic rings. The van der Waals surface area contributed by atoms with Crippen LogP contribution in [0.25, 0.3) is 0 Å². The molecule has 1 amide bonds. The molecule has 1 saturated carbocycles. The van der Waals surface area contributed by atoms with E-state index in [0.29, 0.717) is 12.0 Å². The van der Waals surface area contributed by atoms with Crippen molar-refractivity contribution in [1.82, 2.24) is 5.32 Å². The summed E-state index contributed by atoms with van der Waals surface area (Å²) in [5, 5.41) is 2.98. The first-order valence-electron chi connectivity index (χ1n) is 5.67. The average Bonchev–Trinajstić information content (AvgIpc) is 2.95. The van der Waals surface area contributed by atoms with Gasteiger partial charge in [-0.1, -0.05) is 37.3 Å².